The molecule has 2 saturated heterocycles. The Balaban J connectivity index is 1.64. The van der Waals surface area contributed by atoms with Gasteiger partial charge in [-0.2, -0.15) is 0 Å². The van der Waals surface area contributed by atoms with Crippen molar-refractivity contribution in [1.29, 1.82) is 0 Å². The molecular formula is C48H92N2O4. The van der Waals surface area contributed by atoms with Gasteiger partial charge in [-0.25, -0.2) is 0 Å². The molecule has 2 heterocycles. The molecule has 0 saturated carbocycles. The summed E-state index contributed by atoms with van der Waals surface area (Å²) in [4.78, 5) is 31.2. The average Bonchev–Trinajstić information content (AvgIpc) is 3.05. The van der Waals surface area contributed by atoms with E-state index in [0.29, 0.717) is 25.7 Å². The van der Waals surface area contributed by atoms with E-state index in [-0.39, 0.29) is 46.3 Å². The molecule has 0 amide bonds. The normalized spacial score (nSPS) is 20.3. The predicted molar refractivity (Wildman–Crippen MR) is 230 cm³/mol. The van der Waals surface area contributed by atoms with Crippen LogP contribution in [-0.4, -0.2) is 69.2 Å². The summed E-state index contributed by atoms with van der Waals surface area (Å²) >= 11 is 0. The number of likely N-dealkylation sites (tertiary alicyclic amines) is 2. The van der Waals surface area contributed by atoms with E-state index in [1.165, 1.54) is 128 Å². The number of nitrogens with zero attached hydrogens (tertiary/aromatic N) is 2. The van der Waals surface area contributed by atoms with Crippen molar-refractivity contribution < 1.29 is 19.1 Å². The highest BCUT2D eigenvalue weighted by Gasteiger charge is 2.47. The highest BCUT2D eigenvalue weighted by atomic mass is 16.5. The first-order valence-corrected chi connectivity index (χ1v) is 23.5. The van der Waals surface area contributed by atoms with Crippen LogP contribution in [0.4, 0.5) is 0 Å². The molecular weight excluding hydrogens is 669 g/mol. The maximum Gasteiger partial charge on any atom is 0.306 e. The highest BCUT2D eigenvalue weighted by molar-refractivity contribution is 5.71. The molecule has 318 valence electrons. The summed E-state index contributed by atoms with van der Waals surface area (Å²) in [5.74, 6) is -0.247. The quantitative estimate of drug-likeness (QED) is 0.0559. The summed E-state index contributed by atoms with van der Waals surface area (Å²) in [5, 5.41) is 0. The fourth-order valence-corrected chi connectivity index (χ4v) is 10.4. The van der Waals surface area contributed by atoms with Gasteiger partial charge >= 0.3 is 11.9 Å². The number of rotatable bonds is 29. The molecule has 0 aliphatic carbocycles. The zero-order chi connectivity index (χ0) is 40.1. The summed E-state index contributed by atoms with van der Waals surface area (Å²) < 4.78 is 12.2. The van der Waals surface area contributed by atoms with Gasteiger partial charge in [0.1, 0.15) is 12.2 Å². The largest absolute Gasteiger partial charge is 0.462 e. The van der Waals surface area contributed by atoms with E-state index in [9.17, 15) is 9.59 Å². The Morgan fingerprint density at radius 1 is 0.407 bits per heavy atom. The van der Waals surface area contributed by atoms with Gasteiger partial charge < -0.3 is 9.47 Å². The van der Waals surface area contributed by atoms with Crippen LogP contribution >= 0.6 is 0 Å². The second-order valence-electron chi connectivity index (χ2n) is 20.2. The molecule has 2 aliphatic rings. The first-order valence-electron chi connectivity index (χ1n) is 23.5. The van der Waals surface area contributed by atoms with Gasteiger partial charge in [0.05, 0.1) is 0 Å². The summed E-state index contributed by atoms with van der Waals surface area (Å²) in [6.07, 6.45) is 32.5. The topological polar surface area (TPSA) is 59.1 Å². The maximum atomic E-state index is 12.9. The Kier molecular flexibility index (Phi) is 22.9. The van der Waals surface area contributed by atoms with Gasteiger partial charge in [-0.15, -0.1) is 0 Å². The van der Waals surface area contributed by atoms with Crippen LogP contribution in [0.1, 0.15) is 249 Å². The molecule has 6 heteroatoms. The average molecular weight is 761 g/mol. The smallest absolute Gasteiger partial charge is 0.306 e. The summed E-state index contributed by atoms with van der Waals surface area (Å²) in [5.41, 5.74) is -0.0478. The first kappa shape index (κ1) is 49.0. The van der Waals surface area contributed by atoms with Gasteiger partial charge in [0.2, 0.25) is 0 Å². The standard InChI is InChI=1S/C48H92N2O4/c1-11-13-15-17-19-21-23-25-27-31-35-49-45(3,4)37-41(38-46(49,5)6)53-43(51)33-29-30-34-44(52)54-42-39-47(7,8)50(48(9,10)40-42)36-32-28-26-24-22-20-18-16-14-12-2/h41-42H,11-40H2,1-10H3. The van der Waals surface area contributed by atoms with Crippen LogP contribution in [0.5, 0.6) is 0 Å². The molecule has 54 heavy (non-hydrogen) atoms. The highest BCUT2D eigenvalue weighted by Crippen LogP contribution is 2.41. The Morgan fingerprint density at radius 2 is 0.648 bits per heavy atom. The fraction of sp³-hybridized carbons (Fsp3) is 0.958. The number of esters is 2. The molecule has 0 atom stereocenters. The lowest BCUT2D eigenvalue weighted by atomic mass is 9.77. The van der Waals surface area contributed by atoms with E-state index < -0.39 is 0 Å². The Hall–Kier alpha value is -1.14. The third-order valence-corrected chi connectivity index (χ3v) is 12.9. The molecule has 2 aliphatic heterocycles. The van der Waals surface area contributed by atoms with Crippen molar-refractivity contribution in [2.24, 2.45) is 0 Å². The van der Waals surface area contributed by atoms with Crippen molar-refractivity contribution in [3.63, 3.8) is 0 Å². The zero-order valence-electron chi connectivity index (χ0n) is 37.9. The van der Waals surface area contributed by atoms with Crippen LogP contribution in [-0.2, 0) is 19.1 Å². The van der Waals surface area contributed by atoms with E-state index >= 15 is 0 Å². The van der Waals surface area contributed by atoms with Gasteiger partial charge in [-0.1, -0.05) is 129 Å². The van der Waals surface area contributed by atoms with Crippen LogP contribution in [0.2, 0.25) is 0 Å². The van der Waals surface area contributed by atoms with Gasteiger partial charge in [0, 0.05) is 60.7 Å². The molecule has 0 N–H and O–H groups in total. The second kappa shape index (κ2) is 25.3. The van der Waals surface area contributed by atoms with Gasteiger partial charge in [-0.3, -0.25) is 19.4 Å². The monoisotopic (exact) mass is 761 g/mol. The number of piperidine rings is 2. The van der Waals surface area contributed by atoms with Crippen molar-refractivity contribution >= 4 is 11.9 Å². The molecule has 2 fully saturated rings. The number of carbonyl (C=O) groups is 2. The third-order valence-electron chi connectivity index (χ3n) is 12.9. The minimum atomic E-state index is -0.124. The zero-order valence-corrected chi connectivity index (χ0v) is 37.9. The van der Waals surface area contributed by atoms with Crippen molar-refractivity contribution in [3.8, 4) is 0 Å². The summed E-state index contributed by atoms with van der Waals surface area (Å²) in [7, 11) is 0. The first-order chi connectivity index (χ1) is 25.5. The number of carbonyl (C=O) groups excluding carboxylic acids is 2. The Morgan fingerprint density at radius 3 is 0.907 bits per heavy atom. The van der Waals surface area contributed by atoms with Crippen LogP contribution in [0.25, 0.3) is 0 Å². The molecule has 0 aromatic heterocycles. The van der Waals surface area contributed by atoms with E-state index in [1.807, 2.05) is 0 Å². The maximum absolute atomic E-state index is 12.9. The fourth-order valence-electron chi connectivity index (χ4n) is 10.4. The third kappa shape index (κ3) is 18.9. The lowest BCUT2D eigenvalue weighted by Gasteiger charge is -2.55. The lowest BCUT2D eigenvalue weighted by Crippen LogP contribution is -2.62. The van der Waals surface area contributed by atoms with E-state index in [4.69, 9.17) is 9.47 Å². The van der Waals surface area contributed by atoms with Crippen molar-refractivity contribution in [1.82, 2.24) is 9.80 Å². The molecule has 2 rings (SSSR count). The molecule has 6 nitrogen and oxygen atoms in total. The van der Waals surface area contributed by atoms with Gasteiger partial charge in [-0.05, 0) is 94.2 Å². The molecule has 0 aromatic carbocycles. The second-order valence-corrected chi connectivity index (χ2v) is 20.2. The summed E-state index contributed by atoms with van der Waals surface area (Å²) in [6, 6.07) is 0. The van der Waals surface area contributed by atoms with Crippen LogP contribution < -0.4 is 0 Å². The molecule has 0 spiro atoms. The molecule has 0 aromatic rings. The van der Waals surface area contributed by atoms with Crippen LogP contribution in [0, 0.1) is 0 Å². The molecule has 0 unspecified atom stereocenters. The number of hydrogen-bond acceptors (Lipinski definition) is 6. The van der Waals surface area contributed by atoms with Crippen LogP contribution in [0.15, 0.2) is 0 Å². The van der Waals surface area contributed by atoms with Crippen molar-refractivity contribution in [3.05, 3.63) is 0 Å². The lowest BCUT2D eigenvalue weighted by molar-refractivity contribution is -0.163. The number of unbranched alkanes of at least 4 members (excludes halogenated alkanes) is 19. The Bertz CT molecular complexity index is 904. The van der Waals surface area contributed by atoms with Crippen molar-refractivity contribution in [2.75, 3.05) is 13.1 Å². The SMILES string of the molecule is CCCCCCCCCCCCN1C(C)(C)CC(OC(=O)CCCCC(=O)OC2CC(C)(C)N(CCCCCCCCCCCC)C(C)(C)C2)CC1(C)C. The summed E-state index contributed by atoms with van der Waals surface area (Å²) in [6.45, 7) is 25.4. The minimum absolute atomic E-state index is 0.0119. The van der Waals surface area contributed by atoms with E-state index in [1.54, 1.807) is 0 Å². The number of ether oxygens (including phenoxy) is 2. The van der Waals surface area contributed by atoms with E-state index in [2.05, 4.69) is 79.0 Å². The van der Waals surface area contributed by atoms with Gasteiger partial charge in [0.25, 0.3) is 0 Å². The van der Waals surface area contributed by atoms with E-state index in [0.717, 1.165) is 38.8 Å². The number of hydrogen-bond donors (Lipinski definition) is 0. The Labute approximate surface area is 336 Å². The molecule has 0 radical (unpaired) electrons. The predicted octanol–water partition coefficient (Wildman–Crippen LogP) is 13.5. The van der Waals surface area contributed by atoms with Gasteiger partial charge in [0.15, 0.2) is 0 Å². The van der Waals surface area contributed by atoms with Crippen molar-refractivity contribution in [2.45, 2.75) is 283 Å². The van der Waals surface area contributed by atoms with Crippen LogP contribution in [0.3, 0.4) is 0 Å². The molecule has 0 bridgehead atoms. The minimum Gasteiger partial charge on any atom is -0.462 e.